The smallest absolute Gasteiger partial charge is 0.259 e. The molecule has 12 unspecified atom stereocenters. The first-order valence-electron chi connectivity index (χ1n) is 17.8. The third kappa shape index (κ3) is 4.59. The summed E-state index contributed by atoms with van der Waals surface area (Å²) < 4.78 is 18.2. The van der Waals surface area contributed by atoms with Crippen LogP contribution in [0.4, 0.5) is 0 Å². The molecule has 8 aliphatic rings. The molecule has 6 aliphatic carbocycles. The van der Waals surface area contributed by atoms with Crippen molar-refractivity contribution in [2.24, 2.45) is 47.3 Å². The molecule has 0 aromatic heterocycles. The molecule has 214 valence electrons. The summed E-state index contributed by atoms with van der Waals surface area (Å²) >= 11 is 0. The Kier molecular flexibility index (Phi) is 7.65. The van der Waals surface area contributed by atoms with Crippen molar-refractivity contribution in [2.45, 2.75) is 166 Å². The maximum Gasteiger partial charge on any atom is 0.259 e. The lowest BCUT2D eigenvalue weighted by Gasteiger charge is -2.53. The molecule has 0 aromatic rings. The van der Waals surface area contributed by atoms with Gasteiger partial charge in [0, 0.05) is 12.1 Å². The Labute approximate surface area is 234 Å². The molecule has 8 fully saturated rings. The van der Waals surface area contributed by atoms with Gasteiger partial charge < -0.3 is 9.05 Å². The summed E-state index contributed by atoms with van der Waals surface area (Å²) in [7, 11) is -0.924. The molecule has 6 saturated carbocycles. The van der Waals surface area contributed by atoms with Crippen LogP contribution in [0.15, 0.2) is 0 Å². The van der Waals surface area contributed by atoms with Crippen LogP contribution in [-0.2, 0) is 9.05 Å². The molecule has 0 N–H and O–H groups in total. The van der Waals surface area contributed by atoms with Crippen LogP contribution in [0.5, 0.6) is 0 Å². The Morgan fingerprint density at radius 2 is 0.789 bits per heavy atom. The van der Waals surface area contributed by atoms with Crippen molar-refractivity contribution in [3.8, 4) is 0 Å². The molecule has 0 radical (unpaired) electrons. The van der Waals surface area contributed by atoms with E-state index < -0.39 is 8.53 Å². The second-order valence-electron chi connectivity index (χ2n) is 15.4. The zero-order valence-corrected chi connectivity index (χ0v) is 25.1. The first-order valence-corrected chi connectivity index (χ1v) is 18.9. The van der Waals surface area contributed by atoms with E-state index >= 15 is 0 Å². The molecule has 8 rings (SSSR count). The quantitative estimate of drug-likeness (QED) is 0.308. The van der Waals surface area contributed by atoms with Gasteiger partial charge in [-0.1, -0.05) is 64.2 Å². The van der Waals surface area contributed by atoms with E-state index in [-0.39, 0.29) is 0 Å². The number of rotatable bonds is 1. The van der Waals surface area contributed by atoms with Crippen LogP contribution in [0, 0.1) is 47.3 Å². The third-order valence-electron chi connectivity index (χ3n) is 13.8. The predicted molar refractivity (Wildman–Crippen MR) is 156 cm³/mol. The van der Waals surface area contributed by atoms with Crippen LogP contribution < -0.4 is 0 Å². The maximum atomic E-state index is 7.60. The molecule has 2 aliphatic heterocycles. The molecule has 0 spiro atoms. The van der Waals surface area contributed by atoms with E-state index in [0.717, 1.165) is 59.4 Å². The van der Waals surface area contributed by atoms with Crippen molar-refractivity contribution in [3.63, 3.8) is 0 Å². The molecule has 0 bridgehead atoms. The van der Waals surface area contributed by atoms with Crippen molar-refractivity contribution < 1.29 is 9.05 Å². The number of hydrogen-bond acceptors (Lipinski definition) is 3. The van der Waals surface area contributed by atoms with Crippen molar-refractivity contribution in [1.82, 2.24) is 4.67 Å². The van der Waals surface area contributed by atoms with Crippen LogP contribution >= 0.6 is 8.53 Å². The van der Waals surface area contributed by atoms with E-state index in [9.17, 15) is 0 Å². The predicted octanol–water partition coefficient (Wildman–Crippen LogP) is 9.64. The summed E-state index contributed by atoms with van der Waals surface area (Å²) in [5, 5.41) is 0. The minimum Gasteiger partial charge on any atom is -0.318 e. The molecule has 2 saturated heterocycles. The van der Waals surface area contributed by atoms with Crippen molar-refractivity contribution in [1.29, 1.82) is 0 Å². The normalized spacial score (nSPS) is 53.5. The lowest BCUT2D eigenvalue weighted by Crippen LogP contribution is -2.51. The highest BCUT2D eigenvalue weighted by molar-refractivity contribution is 7.44. The first kappa shape index (κ1) is 26.0. The average Bonchev–Trinajstić information content (AvgIpc) is 3.25. The molecule has 3 nitrogen and oxygen atoms in total. The van der Waals surface area contributed by atoms with E-state index in [1.54, 1.807) is 0 Å². The second kappa shape index (κ2) is 11.2. The molecule has 2 heterocycles. The van der Waals surface area contributed by atoms with Gasteiger partial charge in [-0.05, 0) is 124 Å². The minimum absolute atomic E-state index is 0.489. The monoisotopic (exact) mass is 541 g/mol. The van der Waals surface area contributed by atoms with Gasteiger partial charge in [-0.25, -0.2) is 4.67 Å². The second-order valence-corrected chi connectivity index (χ2v) is 16.8. The summed E-state index contributed by atoms with van der Waals surface area (Å²) in [6.45, 7) is 0. The Morgan fingerprint density at radius 3 is 1.29 bits per heavy atom. The number of fused-ring (bicyclic) bond motifs is 9. The first-order chi connectivity index (χ1) is 18.8. The Bertz CT molecular complexity index is 758. The zero-order chi connectivity index (χ0) is 25.1. The highest BCUT2D eigenvalue weighted by Crippen LogP contribution is 2.65. The molecule has 4 heteroatoms. The van der Waals surface area contributed by atoms with E-state index in [4.69, 9.17) is 9.05 Å². The minimum atomic E-state index is -0.924. The van der Waals surface area contributed by atoms with E-state index in [1.807, 2.05) is 0 Å². The maximum absolute atomic E-state index is 7.60. The fraction of sp³-hybridized carbons (Fsp3) is 1.00. The van der Waals surface area contributed by atoms with Gasteiger partial charge in [0.05, 0.1) is 12.2 Å². The van der Waals surface area contributed by atoms with Crippen molar-refractivity contribution >= 4 is 8.53 Å². The van der Waals surface area contributed by atoms with Crippen LogP contribution in [0.25, 0.3) is 0 Å². The highest BCUT2D eigenvalue weighted by Gasteiger charge is 2.57. The topological polar surface area (TPSA) is 21.7 Å². The van der Waals surface area contributed by atoms with Gasteiger partial charge in [-0.15, -0.1) is 0 Å². The van der Waals surface area contributed by atoms with E-state index in [0.29, 0.717) is 12.2 Å². The summed E-state index contributed by atoms with van der Waals surface area (Å²) in [5.74, 6) is 7.26. The standard InChI is InChI=1S/C34H56NO2P/c1-5-13-27-23(9-1)19-21-31-33(27)34-28-14-6-2-10-24(28)20-22-32(34)37-38(36-31)35-29-15-7-3-11-25(29)17-18-26-12-4-8-16-30(26)35/h23-34H,1-22H2. The molecule has 38 heavy (non-hydrogen) atoms. The van der Waals surface area contributed by atoms with Gasteiger partial charge in [0.15, 0.2) is 0 Å². The number of nitrogens with zero attached hydrogens (tertiary/aromatic N) is 1. The summed E-state index contributed by atoms with van der Waals surface area (Å²) in [4.78, 5) is 0. The van der Waals surface area contributed by atoms with Crippen LogP contribution in [0.2, 0.25) is 0 Å². The largest absolute Gasteiger partial charge is 0.318 e. The zero-order valence-electron chi connectivity index (χ0n) is 24.2. The van der Waals surface area contributed by atoms with Crippen LogP contribution in [0.3, 0.4) is 0 Å². The molecular formula is C34H56NO2P. The van der Waals surface area contributed by atoms with Gasteiger partial charge in [0.25, 0.3) is 8.53 Å². The van der Waals surface area contributed by atoms with Gasteiger partial charge in [0.1, 0.15) is 0 Å². The number of hydrogen-bond donors (Lipinski definition) is 0. The van der Waals surface area contributed by atoms with Gasteiger partial charge >= 0.3 is 0 Å². The van der Waals surface area contributed by atoms with E-state index in [1.165, 1.54) is 141 Å². The molecule has 12 atom stereocenters. The molecular weight excluding hydrogens is 485 g/mol. The average molecular weight is 542 g/mol. The van der Waals surface area contributed by atoms with Crippen molar-refractivity contribution in [2.75, 3.05) is 0 Å². The Hall–Kier alpha value is 0.310. The Morgan fingerprint density at radius 1 is 0.395 bits per heavy atom. The third-order valence-corrected chi connectivity index (χ3v) is 15.7. The lowest BCUT2D eigenvalue weighted by molar-refractivity contribution is -0.0856. The van der Waals surface area contributed by atoms with Crippen molar-refractivity contribution in [3.05, 3.63) is 0 Å². The van der Waals surface area contributed by atoms with Gasteiger partial charge in [0.2, 0.25) is 0 Å². The SMILES string of the molecule is C1CCC2C(C1)CCC1OP(N3C4CCCCC4CCC4CCCCC43)OC3CCC4CCCCC4C3C12. The van der Waals surface area contributed by atoms with E-state index in [2.05, 4.69) is 4.67 Å². The summed E-state index contributed by atoms with van der Waals surface area (Å²) in [6.07, 6.45) is 33.0. The highest BCUT2D eigenvalue weighted by atomic mass is 31.2. The molecule has 0 amide bonds. The summed E-state index contributed by atoms with van der Waals surface area (Å²) in [5.41, 5.74) is 0. The fourth-order valence-corrected chi connectivity index (χ4v) is 14.6. The van der Waals surface area contributed by atoms with Gasteiger partial charge in [-0.2, -0.15) is 0 Å². The van der Waals surface area contributed by atoms with Crippen LogP contribution in [0.1, 0.15) is 141 Å². The molecule has 0 aromatic carbocycles. The summed E-state index contributed by atoms with van der Waals surface area (Å²) in [6, 6.07) is 1.49. The van der Waals surface area contributed by atoms with Crippen LogP contribution in [-0.4, -0.2) is 29.0 Å². The lowest BCUT2D eigenvalue weighted by atomic mass is 9.53. The Balaban J connectivity index is 1.16. The van der Waals surface area contributed by atoms with Gasteiger partial charge in [-0.3, -0.25) is 0 Å². The fourth-order valence-electron chi connectivity index (χ4n) is 12.2.